The van der Waals surface area contributed by atoms with Gasteiger partial charge in [0.25, 0.3) is 0 Å². The molecule has 0 aliphatic heterocycles. The molecule has 0 heterocycles. The first-order valence-corrected chi connectivity index (χ1v) is 6.87. The smallest absolute Gasteiger partial charge is 0.115 e. The minimum atomic E-state index is 0.329. The molecule has 3 heteroatoms. The summed E-state index contributed by atoms with van der Waals surface area (Å²) in [5.74, 6) is 0.329. The van der Waals surface area contributed by atoms with Crippen LogP contribution >= 0.6 is 0 Å². The first-order valence-electron chi connectivity index (χ1n) is 6.87. The molecule has 0 aliphatic carbocycles. The monoisotopic (exact) mass is 269 g/mol. The molecule has 0 unspecified atom stereocenters. The molecule has 110 valence electrons. The Bertz CT molecular complexity index is 284. The van der Waals surface area contributed by atoms with Gasteiger partial charge >= 0.3 is 0 Å². The Hall–Kier alpha value is -1.35. The van der Waals surface area contributed by atoms with E-state index in [1.807, 2.05) is 32.9 Å². The van der Waals surface area contributed by atoms with Gasteiger partial charge < -0.3 is 10.0 Å². The SMILES string of the molecule is CC.CCN(CC)C/C=C/F.Cc1ccc(O)cc1. The van der Waals surface area contributed by atoms with Crippen LogP contribution in [0.5, 0.6) is 5.75 Å². The van der Waals surface area contributed by atoms with Crippen molar-refractivity contribution in [3.8, 4) is 5.75 Å². The zero-order valence-electron chi connectivity index (χ0n) is 12.9. The molecule has 0 aromatic heterocycles. The highest BCUT2D eigenvalue weighted by Crippen LogP contribution is 2.07. The molecule has 0 fully saturated rings. The molecule has 19 heavy (non-hydrogen) atoms. The molecule has 1 aromatic rings. The number of phenols is 1. The lowest BCUT2D eigenvalue weighted by molar-refractivity contribution is 0.336. The Morgan fingerprint density at radius 3 is 1.89 bits per heavy atom. The second kappa shape index (κ2) is 14.7. The van der Waals surface area contributed by atoms with Gasteiger partial charge in [-0.25, -0.2) is 4.39 Å². The lowest BCUT2D eigenvalue weighted by Crippen LogP contribution is -2.22. The standard InChI is InChI=1S/C7H14FN.C7H8O.C2H6/c1-3-9(4-2)7-5-6-8;1-6-2-4-7(8)5-3-6;1-2/h5-6H,3-4,7H2,1-2H3;2-5,8H,1H3;1-2H3/b6-5+;;. The number of nitrogens with zero attached hydrogens (tertiary/aromatic N) is 1. The number of hydrogen-bond acceptors (Lipinski definition) is 2. The van der Waals surface area contributed by atoms with E-state index >= 15 is 0 Å². The van der Waals surface area contributed by atoms with Crippen LogP contribution in [0, 0.1) is 6.92 Å². The molecule has 0 spiro atoms. The predicted molar refractivity (Wildman–Crippen MR) is 82.2 cm³/mol. The number of likely N-dealkylation sites (N-methyl/N-ethyl adjacent to an activating group) is 1. The lowest BCUT2D eigenvalue weighted by atomic mass is 10.2. The molecule has 0 aliphatic rings. The molecule has 0 radical (unpaired) electrons. The third kappa shape index (κ3) is 12.9. The maximum Gasteiger partial charge on any atom is 0.115 e. The fourth-order valence-corrected chi connectivity index (χ4v) is 1.22. The quantitative estimate of drug-likeness (QED) is 0.867. The summed E-state index contributed by atoms with van der Waals surface area (Å²) in [6, 6.07) is 7.09. The van der Waals surface area contributed by atoms with Gasteiger partial charge in [0, 0.05) is 6.54 Å². The minimum Gasteiger partial charge on any atom is -0.508 e. The molecule has 1 rings (SSSR count). The Kier molecular flexibility index (Phi) is 15.5. The summed E-state index contributed by atoms with van der Waals surface area (Å²) in [6.45, 7) is 12.8. The van der Waals surface area contributed by atoms with Crippen LogP contribution in [0.1, 0.15) is 33.3 Å². The van der Waals surface area contributed by atoms with Crippen LogP contribution in [0.25, 0.3) is 0 Å². The summed E-state index contributed by atoms with van der Waals surface area (Å²) in [5.41, 5.74) is 1.17. The molecule has 0 bridgehead atoms. The summed E-state index contributed by atoms with van der Waals surface area (Å²) in [5, 5.41) is 8.76. The van der Waals surface area contributed by atoms with Gasteiger partial charge in [0.1, 0.15) is 5.75 Å². The number of aromatic hydroxyl groups is 1. The molecule has 2 nitrogen and oxygen atoms in total. The number of aryl methyl sites for hydroxylation is 1. The van der Waals surface area contributed by atoms with Gasteiger partial charge in [-0.1, -0.05) is 45.4 Å². The first kappa shape index (κ1) is 20.0. The third-order valence-electron chi connectivity index (χ3n) is 2.38. The van der Waals surface area contributed by atoms with Gasteiger partial charge in [-0.3, -0.25) is 0 Å². The number of benzene rings is 1. The van der Waals surface area contributed by atoms with Gasteiger partial charge in [0.05, 0.1) is 6.33 Å². The zero-order valence-corrected chi connectivity index (χ0v) is 12.9. The van der Waals surface area contributed by atoms with E-state index in [0.29, 0.717) is 12.1 Å². The fourth-order valence-electron chi connectivity index (χ4n) is 1.22. The van der Waals surface area contributed by atoms with E-state index < -0.39 is 0 Å². The van der Waals surface area contributed by atoms with Gasteiger partial charge in [-0.15, -0.1) is 0 Å². The lowest BCUT2D eigenvalue weighted by Gasteiger charge is -2.14. The average Bonchev–Trinajstić information content (AvgIpc) is 2.46. The Labute approximate surface area is 117 Å². The van der Waals surface area contributed by atoms with Crippen LogP contribution in [-0.4, -0.2) is 29.6 Å². The van der Waals surface area contributed by atoms with Crippen molar-refractivity contribution in [2.75, 3.05) is 19.6 Å². The fraction of sp³-hybridized carbons (Fsp3) is 0.500. The molecule has 0 saturated heterocycles. The van der Waals surface area contributed by atoms with Crippen LogP contribution in [0.2, 0.25) is 0 Å². The van der Waals surface area contributed by atoms with Crippen molar-refractivity contribution in [1.29, 1.82) is 0 Å². The highest BCUT2D eigenvalue weighted by molar-refractivity contribution is 5.24. The topological polar surface area (TPSA) is 23.5 Å². The van der Waals surface area contributed by atoms with Gasteiger partial charge in [0.15, 0.2) is 0 Å². The average molecular weight is 269 g/mol. The summed E-state index contributed by atoms with van der Waals surface area (Å²) in [6.07, 6.45) is 2.12. The van der Waals surface area contributed by atoms with E-state index in [-0.39, 0.29) is 0 Å². The zero-order chi connectivity index (χ0) is 15.1. The number of phenolic OH excluding ortho intramolecular Hbond substituents is 1. The van der Waals surface area contributed by atoms with Crippen LogP contribution in [-0.2, 0) is 0 Å². The first-order chi connectivity index (χ1) is 9.13. The predicted octanol–water partition coefficient (Wildman–Crippen LogP) is 4.54. The summed E-state index contributed by atoms with van der Waals surface area (Å²) >= 11 is 0. The summed E-state index contributed by atoms with van der Waals surface area (Å²) < 4.78 is 11.4. The molecule has 0 saturated carbocycles. The van der Waals surface area contributed by atoms with Gasteiger partial charge in [0.2, 0.25) is 0 Å². The van der Waals surface area contributed by atoms with Crippen LogP contribution < -0.4 is 0 Å². The van der Waals surface area contributed by atoms with Gasteiger partial charge in [-0.2, -0.15) is 0 Å². The summed E-state index contributed by atoms with van der Waals surface area (Å²) in [4.78, 5) is 2.13. The maximum atomic E-state index is 11.4. The van der Waals surface area contributed by atoms with Crippen molar-refractivity contribution < 1.29 is 9.50 Å². The van der Waals surface area contributed by atoms with Crippen molar-refractivity contribution in [1.82, 2.24) is 4.90 Å². The highest BCUT2D eigenvalue weighted by Gasteiger charge is 1.92. The number of hydrogen-bond donors (Lipinski definition) is 1. The van der Waals surface area contributed by atoms with Crippen molar-refractivity contribution in [2.45, 2.75) is 34.6 Å². The van der Waals surface area contributed by atoms with Crippen molar-refractivity contribution in [3.05, 3.63) is 42.2 Å². The number of rotatable bonds is 4. The van der Waals surface area contributed by atoms with Gasteiger partial charge in [-0.05, 0) is 38.2 Å². The second-order valence-corrected chi connectivity index (χ2v) is 3.68. The van der Waals surface area contributed by atoms with E-state index in [9.17, 15) is 4.39 Å². The van der Waals surface area contributed by atoms with Crippen LogP contribution in [0.3, 0.4) is 0 Å². The van der Waals surface area contributed by atoms with Crippen molar-refractivity contribution >= 4 is 0 Å². The molecular formula is C16H28FNO. The normalized spacial score (nSPS) is 9.63. The van der Waals surface area contributed by atoms with Crippen LogP contribution in [0.4, 0.5) is 4.39 Å². The minimum absolute atomic E-state index is 0.329. The van der Waals surface area contributed by atoms with E-state index in [2.05, 4.69) is 18.7 Å². The van der Waals surface area contributed by atoms with E-state index in [1.54, 1.807) is 12.1 Å². The highest BCUT2D eigenvalue weighted by atomic mass is 19.1. The second-order valence-electron chi connectivity index (χ2n) is 3.68. The third-order valence-corrected chi connectivity index (χ3v) is 2.38. The molecule has 0 atom stereocenters. The molecular weight excluding hydrogens is 241 g/mol. The number of halogens is 1. The largest absolute Gasteiger partial charge is 0.508 e. The maximum absolute atomic E-state index is 11.4. The van der Waals surface area contributed by atoms with E-state index in [1.165, 1.54) is 11.6 Å². The Balaban J connectivity index is 0. The molecule has 0 amide bonds. The Morgan fingerprint density at radius 2 is 1.58 bits per heavy atom. The van der Waals surface area contributed by atoms with Crippen LogP contribution in [0.15, 0.2) is 36.7 Å². The van der Waals surface area contributed by atoms with E-state index in [4.69, 9.17) is 5.11 Å². The molecule has 1 N–H and O–H groups in total. The van der Waals surface area contributed by atoms with Crippen molar-refractivity contribution in [3.63, 3.8) is 0 Å². The summed E-state index contributed by atoms with van der Waals surface area (Å²) in [7, 11) is 0. The van der Waals surface area contributed by atoms with Crippen molar-refractivity contribution in [2.24, 2.45) is 0 Å². The van der Waals surface area contributed by atoms with E-state index in [0.717, 1.165) is 19.6 Å². The Morgan fingerprint density at radius 1 is 1.11 bits per heavy atom. The molecule has 1 aromatic carbocycles.